The van der Waals surface area contributed by atoms with Crippen molar-refractivity contribution in [2.45, 2.75) is 19.8 Å². The average Bonchev–Trinajstić information content (AvgIpc) is 2.42. The van der Waals surface area contributed by atoms with E-state index in [0.717, 1.165) is 17.8 Å². The van der Waals surface area contributed by atoms with Crippen molar-refractivity contribution in [2.75, 3.05) is 4.90 Å². The third-order valence-electron chi connectivity index (χ3n) is 2.74. The Morgan fingerprint density at radius 3 is 1.68 bits per heavy atom. The number of hydrogen-bond donors (Lipinski definition) is 0. The zero-order valence-corrected chi connectivity index (χ0v) is 11.8. The minimum absolute atomic E-state index is 0. The number of carbonyl (C=O) groups excluding carboxylic acids is 1. The molecule has 0 aliphatic heterocycles. The molecule has 2 rings (SSSR count). The summed E-state index contributed by atoms with van der Waals surface area (Å²) in [6.45, 7) is 2.02. The highest BCUT2D eigenvalue weighted by Gasteiger charge is 2.16. The molecule has 1 amide bonds. The van der Waals surface area contributed by atoms with Crippen molar-refractivity contribution in [3.63, 3.8) is 0 Å². The molecule has 0 unspecified atom stereocenters. The van der Waals surface area contributed by atoms with Crippen molar-refractivity contribution in [3.8, 4) is 0 Å². The van der Waals surface area contributed by atoms with Crippen LogP contribution in [0.15, 0.2) is 60.7 Å². The Labute approximate surface area is 120 Å². The molecule has 2 aromatic carbocycles. The maximum Gasteiger partial charge on any atom is 0.231 e. The van der Waals surface area contributed by atoms with E-state index in [1.807, 2.05) is 67.6 Å². The van der Waals surface area contributed by atoms with Crippen LogP contribution in [0.3, 0.4) is 0 Å². The average molecular weight is 276 g/mol. The van der Waals surface area contributed by atoms with Gasteiger partial charge in [-0.05, 0) is 30.7 Å². The van der Waals surface area contributed by atoms with E-state index in [9.17, 15) is 4.79 Å². The molecule has 0 fully saturated rings. The standard InChI is InChI=1S/C16H17NO.ClH/c1-2-9-16(18)17(14-10-5-3-6-11-14)15-12-7-4-8-13-15;/h3-8,10-13H,2,9H2,1H3;1H. The summed E-state index contributed by atoms with van der Waals surface area (Å²) in [4.78, 5) is 14.1. The lowest BCUT2D eigenvalue weighted by atomic mass is 10.2. The predicted molar refractivity (Wildman–Crippen MR) is 82.2 cm³/mol. The zero-order chi connectivity index (χ0) is 12.8. The summed E-state index contributed by atoms with van der Waals surface area (Å²) in [6, 6.07) is 19.5. The zero-order valence-electron chi connectivity index (χ0n) is 11.0. The van der Waals surface area contributed by atoms with Crippen LogP contribution in [0.1, 0.15) is 19.8 Å². The first-order valence-corrected chi connectivity index (χ1v) is 6.26. The second kappa shape index (κ2) is 7.59. The van der Waals surface area contributed by atoms with Crippen LogP contribution in [0.5, 0.6) is 0 Å². The summed E-state index contributed by atoms with van der Waals surface area (Å²) in [5.74, 6) is 0.134. The number of benzene rings is 2. The van der Waals surface area contributed by atoms with Gasteiger partial charge in [-0.25, -0.2) is 0 Å². The lowest BCUT2D eigenvalue weighted by Crippen LogP contribution is -2.25. The van der Waals surface area contributed by atoms with Gasteiger partial charge in [-0.15, -0.1) is 12.4 Å². The maximum atomic E-state index is 12.3. The van der Waals surface area contributed by atoms with E-state index >= 15 is 0 Å². The van der Waals surface area contributed by atoms with Crippen molar-refractivity contribution in [1.29, 1.82) is 0 Å². The summed E-state index contributed by atoms with van der Waals surface area (Å²) in [5.41, 5.74) is 1.84. The van der Waals surface area contributed by atoms with Gasteiger partial charge < -0.3 is 0 Å². The lowest BCUT2D eigenvalue weighted by molar-refractivity contribution is -0.117. The minimum Gasteiger partial charge on any atom is -0.281 e. The molecule has 0 aliphatic carbocycles. The molecule has 19 heavy (non-hydrogen) atoms. The fourth-order valence-electron chi connectivity index (χ4n) is 1.92. The van der Waals surface area contributed by atoms with E-state index in [4.69, 9.17) is 0 Å². The monoisotopic (exact) mass is 275 g/mol. The lowest BCUT2D eigenvalue weighted by Gasteiger charge is -2.22. The van der Waals surface area contributed by atoms with Gasteiger partial charge in [0.25, 0.3) is 0 Å². The quantitative estimate of drug-likeness (QED) is 0.800. The third kappa shape index (κ3) is 3.83. The molecule has 0 N–H and O–H groups in total. The molecule has 2 aromatic rings. The molecule has 0 spiro atoms. The molecule has 0 saturated heterocycles. The molecule has 0 radical (unpaired) electrons. The fraction of sp³-hybridized carbons (Fsp3) is 0.188. The van der Waals surface area contributed by atoms with E-state index in [2.05, 4.69) is 0 Å². The third-order valence-corrected chi connectivity index (χ3v) is 2.74. The summed E-state index contributed by atoms with van der Waals surface area (Å²) in [6.07, 6.45) is 1.42. The van der Waals surface area contributed by atoms with Crippen molar-refractivity contribution in [3.05, 3.63) is 60.7 Å². The highest BCUT2D eigenvalue weighted by molar-refractivity contribution is 6.00. The number of rotatable bonds is 4. The van der Waals surface area contributed by atoms with Crippen LogP contribution in [0.25, 0.3) is 0 Å². The van der Waals surface area contributed by atoms with Gasteiger partial charge in [0.15, 0.2) is 0 Å². The number of amides is 1. The molecular formula is C16H18ClNO. The van der Waals surface area contributed by atoms with Crippen LogP contribution in [-0.4, -0.2) is 5.91 Å². The summed E-state index contributed by atoms with van der Waals surface area (Å²) >= 11 is 0. The van der Waals surface area contributed by atoms with Crippen LogP contribution in [0.4, 0.5) is 11.4 Å². The molecule has 3 heteroatoms. The van der Waals surface area contributed by atoms with Gasteiger partial charge in [-0.3, -0.25) is 9.69 Å². The van der Waals surface area contributed by atoms with Crippen LogP contribution in [0, 0.1) is 0 Å². The molecule has 0 bridgehead atoms. The Balaban J connectivity index is 0.00000180. The molecule has 100 valence electrons. The predicted octanol–water partition coefficient (Wildman–Crippen LogP) is 4.57. The Kier molecular flexibility index (Phi) is 6.10. The maximum absolute atomic E-state index is 12.3. The Hall–Kier alpha value is -1.80. The summed E-state index contributed by atoms with van der Waals surface area (Å²) in [5, 5.41) is 0. The van der Waals surface area contributed by atoms with E-state index in [1.165, 1.54) is 0 Å². The second-order valence-corrected chi connectivity index (χ2v) is 4.15. The van der Waals surface area contributed by atoms with E-state index in [-0.39, 0.29) is 18.3 Å². The number of para-hydroxylation sites is 2. The van der Waals surface area contributed by atoms with Gasteiger partial charge in [0.05, 0.1) is 0 Å². The molecule has 0 heterocycles. The summed E-state index contributed by atoms with van der Waals surface area (Å²) < 4.78 is 0. The van der Waals surface area contributed by atoms with Gasteiger partial charge in [-0.2, -0.15) is 0 Å². The first kappa shape index (κ1) is 15.3. The van der Waals surface area contributed by atoms with Gasteiger partial charge in [0.2, 0.25) is 5.91 Å². The largest absolute Gasteiger partial charge is 0.281 e. The van der Waals surface area contributed by atoms with Crippen LogP contribution < -0.4 is 4.90 Å². The Bertz CT molecular complexity index is 459. The smallest absolute Gasteiger partial charge is 0.231 e. The van der Waals surface area contributed by atoms with Crippen LogP contribution in [-0.2, 0) is 4.79 Å². The molecule has 0 aromatic heterocycles. The van der Waals surface area contributed by atoms with E-state index in [1.54, 1.807) is 4.90 Å². The van der Waals surface area contributed by atoms with E-state index < -0.39 is 0 Å². The van der Waals surface area contributed by atoms with Gasteiger partial charge in [-0.1, -0.05) is 43.3 Å². The molecule has 2 nitrogen and oxygen atoms in total. The van der Waals surface area contributed by atoms with Crippen molar-refractivity contribution >= 4 is 29.7 Å². The molecular weight excluding hydrogens is 258 g/mol. The van der Waals surface area contributed by atoms with Gasteiger partial charge in [0.1, 0.15) is 0 Å². The van der Waals surface area contributed by atoms with Crippen LogP contribution in [0.2, 0.25) is 0 Å². The van der Waals surface area contributed by atoms with Crippen LogP contribution >= 0.6 is 12.4 Å². The number of hydrogen-bond acceptors (Lipinski definition) is 1. The van der Waals surface area contributed by atoms with E-state index in [0.29, 0.717) is 6.42 Å². The molecule has 0 saturated carbocycles. The number of anilines is 2. The normalized spacial score (nSPS) is 9.53. The Morgan fingerprint density at radius 2 is 1.32 bits per heavy atom. The SMILES string of the molecule is CCCC(=O)N(c1ccccc1)c1ccccc1.Cl. The minimum atomic E-state index is 0. The first-order chi connectivity index (χ1) is 8.83. The van der Waals surface area contributed by atoms with Crippen molar-refractivity contribution < 1.29 is 4.79 Å². The van der Waals surface area contributed by atoms with Crippen molar-refractivity contribution in [2.24, 2.45) is 0 Å². The number of carbonyl (C=O) groups is 1. The van der Waals surface area contributed by atoms with Crippen molar-refractivity contribution in [1.82, 2.24) is 0 Å². The number of nitrogens with zero attached hydrogens (tertiary/aromatic N) is 1. The van der Waals surface area contributed by atoms with Gasteiger partial charge >= 0.3 is 0 Å². The fourth-order valence-corrected chi connectivity index (χ4v) is 1.92. The highest BCUT2D eigenvalue weighted by atomic mass is 35.5. The van der Waals surface area contributed by atoms with Gasteiger partial charge in [0, 0.05) is 17.8 Å². The highest BCUT2D eigenvalue weighted by Crippen LogP contribution is 2.25. The Morgan fingerprint density at radius 1 is 0.895 bits per heavy atom. The molecule has 0 atom stereocenters. The topological polar surface area (TPSA) is 20.3 Å². The number of halogens is 1. The second-order valence-electron chi connectivity index (χ2n) is 4.15. The summed E-state index contributed by atoms with van der Waals surface area (Å²) in [7, 11) is 0. The first-order valence-electron chi connectivity index (χ1n) is 6.26. The molecule has 0 aliphatic rings.